The molecule has 0 radical (unpaired) electrons. The Morgan fingerprint density at radius 2 is 1.76 bits per heavy atom. The maximum absolute atomic E-state index is 13.1. The van der Waals surface area contributed by atoms with Crippen LogP contribution in [0.15, 0.2) is 30.5 Å². The summed E-state index contributed by atoms with van der Waals surface area (Å²) in [5, 5.41) is 0. The largest absolute Gasteiger partial charge is 0.477 e. The van der Waals surface area contributed by atoms with Crippen molar-refractivity contribution in [3.05, 3.63) is 41.6 Å². The summed E-state index contributed by atoms with van der Waals surface area (Å²) in [5.74, 6) is -0.261. The number of benzene rings is 1. The molecule has 7 heteroatoms. The third-order valence-corrected chi connectivity index (χ3v) is 3.67. The monoisotopic (exact) mass is 353 g/mol. The first-order valence-corrected chi connectivity index (χ1v) is 8.34. The van der Waals surface area contributed by atoms with Crippen molar-refractivity contribution in [1.29, 1.82) is 0 Å². The van der Waals surface area contributed by atoms with Crippen molar-refractivity contribution in [2.75, 3.05) is 18.1 Å². The summed E-state index contributed by atoms with van der Waals surface area (Å²) < 4.78 is 44.2. The number of anilines is 2. The van der Waals surface area contributed by atoms with E-state index in [1.807, 2.05) is 31.2 Å². The molecule has 0 N–H and O–H groups in total. The van der Waals surface area contributed by atoms with Crippen molar-refractivity contribution in [2.45, 2.75) is 39.8 Å². The standard InChI is InChI=1S/C18H22F3N3O/c1-4-7-13-8-10-14(11-9-13)24(5-2)17-22-12-15(18(19,20)21)16(23-17)25-6-3/h8-12H,4-7H2,1-3H3. The highest BCUT2D eigenvalue weighted by Crippen LogP contribution is 2.36. The van der Waals surface area contributed by atoms with Gasteiger partial charge in [0.25, 0.3) is 0 Å². The summed E-state index contributed by atoms with van der Waals surface area (Å²) >= 11 is 0. The minimum atomic E-state index is -4.55. The number of hydrogen-bond donors (Lipinski definition) is 0. The average Bonchev–Trinajstić information content (AvgIpc) is 2.57. The Bertz CT molecular complexity index is 687. The zero-order valence-corrected chi connectivity index (χ0v) is 14.6. The Balaban J connectivity index is 2.38. The first-order valence-electron chi connectivity index (χ1n) is 8.34. The van der Waals surface area contributed by atoms with Gasteiger partial charge in [-0.15, -0.1) is 0 Å². The summed E-state index contributed by atoms with van der Waals surface area (Å²) in [6.45, 7) is 6.23. The lowest BCUT2D eigenvalue weighted by molar-refractivity contribution is -0.139. The van der Waals surface area contributed by atoms with Crippen molar-refractivity contribution < 1.29 is 17.9 Å². The maximum atomic E-state index is 13.1. The SMILES string of the molecule is CCCc1ccc(N(CC)c2ncc(C(F)(F)F)c(OCC)n2)cc1. The van der Waals surface area contributed by atoms with E-state index >= 15 is 0 Å². The van der Waals surface area contributed by atoms with Crippen LogP contribution in [0.5, 0.6) is 5.88 Å². The molecule has 0 bridgehead atoms. The van der Waals surface area contributed by atoms with E-state index in [4.69, 9.17) is 4.74 Å². The molecule has 0 amide bonds. The molecule has 0 spiro atoms. The van der Waals surface area contributed by atoms with Crippen LogP contribution in [0, 0.1) is 0 Å². The molecular formula is C18H22F3N3O. The Hall–Kier alpha value is -2.31. The third-order valence-electron chi connectivity index (χ3n) is 3.67. The number of aryl methyl sites for hydroxylation is 1. The molecule has 2 rings (SSSR count). The van der Waals surface area contributed by atoms with Crippen molar-refractivity contribution in [3.8, 4) is 5.88 Å². The molecule has 0 unspecified atom stereocenters. The van der Waals surface area contributed by atoms with E-state index in [-0.39, 0.29) is 12.6 Å². The fraction of sp³-hybridized carbons (Fsp3) is 0.444. The molecule has 0 aliphatic carbocycles. The zero-order chi connectivity index (χ0) is 18.4. The molecule has 2 aromatic rings. The van der Waals surface area contributed by atoms with Crippen molar-refractivity contribution >= 4 is 11.6 Å². The van der Waals surface area contributed by atoms with Crippen molar-refractivity contribution in [1.82, 2.24) is 9.97 Å². The molecule has 0 fully saturated rings. The van der Waals surface area contributed by atoms with Gasteiger partial charge in [-0.3, -0.25) is 0 Å². The van der Waals surface area contributed by atoms with Crippen LogP contribution >= 0.6 is 0 Å². The van der Waals surface area contributed by atoms with Gasteiger partial charge in [-0.1, -0.05) is 25.5 Å². The van der Waals surface area contributed by atoms with Crippen LogP contribution in [0.1, 0.15) is 38.3 Å². The van der Waals surface area contributed by atoms with Crippen LogP contribution in [-0.4, -0.2) is 23.1 Å². The van der Waals surface area contributed by atoms with E-state index in [1.165, 1.54) is 5.56 Å². The maximum Gasteiger partial charge on any atom is 0.423 e. The summed E-state index contributed by atoms with van der Waals surface area (Å²) in [4.78, 5) is 9.67. The summed E-state index contributed by atoms with van der Waals surface area (Å²) in [6.07, 6.45) is -1.74. The number of rotatable bonds is 7. The Labute approximate surface area is 145 Å². The molecule has 0 aliphatic heterocycles. The Morgan fingerprint density at radius 3 is 2.28 bits per heavy atom. The fourth-order valence-corrected chi connectivity index (χ4v) is 2.50. The van der Waals surface area contributed by atoms with Gasteiger partial charge >= 0.3 is 6.18 Å². The van der Waals surface area contributed by atoms with Crippen LogP contribution in [-0.2, 0) is 12.6 Å². The summed E-state index contributed by atoms with van der Waals surface area (Å²) in [5.41, 5.74) is 1.07. The third kappa shape index (κ3) is 4.61. The number of nitrogens with zero attached hydrogens (tertiary/aromatic N) is 3. The lowest BCUT2D eigenvalue weighted by Gasteiger charge is -2.22. The van der Waals surface area contributed by atoms with Crippen molar-refractivity contribution in [3.63, 3.8) is 0 Å². The molecule has 4 nitrogen and oxygen atoms in total. The van der Waals surface area contributed by atoms with Gasteiger partial charge in [0.2, 0.25) is 11.8 Å². The smallest absolute Gasteiger partial charge is 0.423 e. The highest BCUT2D eigenvalue weighted by Gasteiger charge is 2.36. The lowest BCUT2D eigenvalue weighted by Crippen LogP contribution is -2.20. The average molecular weight is 353 g/mol. The highest BCUT2D eigenvalue weighted by molar-refractivity contribution is 5.58. The van der Waals surface area contributed by atoms with Crippen LogP contribution in [0.2, 0.25) is 0 Å². The molecular weight excluding hydrogens is 331 g/mol. The van der Waals surface area contributed by atoms with Crippen LogP contribution in [0.3, 0.4) is 0 Å². The van der Waals surface area contributed by atoms with Crippen LogP contribution in [0.25, 0.3) is 0 Å². The van der Waals surface area contributed by atoms with Crippen LogP contribution < -0.4 is 9.64 Å². The number of alkyl halides is 3. The van der Waals surface area contributed by atoms with Crippen molar-refractivity contribution in [2.24, 2.45) is 0 Å². The minimum Gasteiger partial charge on any atom is -0.477 e. The normalized spacial score (nSPS) is 11.4. The van der Waals surface area contributed by atoms with Gasteiger partial charge in [0.1, 0.15) is 5.56 Å². The van der Waals surface area contributed by atoms with E-state index in [0.717, 1.165) is 24.7 Å². The second-order valence-electron chi connectivity index (χ2n) is 5.48. The minimum absolute atomic E-state index is 0.0946. The first kappa shape index (κ1) is 19.0. The molecule has 136 valence electrons. The Kier molecular flexibility index (Phi) is 6.22. The lowest BCUT2D eigenvalue weighted by atomic mass is 10.1. The van der Waals surface area contributed by atoms with Crippen LogP contribution in [0.4, 0.5) is 24.8 Å². The van der Waals surface area contributed by atoms with E-state index < -0.39 is 17.6 Å². The number of hydrogen-bond acceptors (Lipinski definition) is 4. The van der Waals surface area contributed by atoms with E-state index in [1.54, 1.807) is 11.8 Å². The van der Waals surface area contributed by atoms with Gasteiger partial charge in [0.05, 0.1) is 6.61 Å². The molecule has 25 heavy (non-hydrogen) atoms. The van der Waals surface area contributed by atoms with E-state index in [9.17, 15) is 13.2 Å². The van der Waals surface area contributed by atoms with E-state index in [2.05, 4.69) is 16.9 Å². The predicted octanol–water partition coefficient (Wildman–Crippen LogP) is 5.00. The second kappa shape index (κ2) is 8.18. The number of aromatic nitrogens is 2. The van der Waals surface area contributed by atoms with E-state index in [0.29, 0.717) is 6.54 Å². The fourth-order valence-electron chi connectivity index (χ4n) is 2.50. The van der Waals surface area contributed by atoms with Gasteiger partial charge in [0, 0.05) is 18.4 Å². The summed E-state index contributed by atoms with van der Waals surface area (Å²) in [7, 11) is 0. The van der Waals surface area contributed by atoms with Gasteiger partial charge in [-0.2, -0.15) is 18.2 Å². The molecule has 0 saturated carbocycles. The number of halogens is 3. The quantitative estimate of drug-likeness (QED) is 0.702. The summed E-state index contributed by atoms with van der Waals surface area (Å²) in [6, 6.07) is 7.87. The molecule has 0 saturated heterocycles. The predicted molar refractivity (Wildman–Crippen MR) is 91.3 cm³/mol. The molecule has 1 aromatic carbocycles. The van der Waals surface area contributed by atoms with Gasteiger partial charge in [-0.25, -0.2) is 4.98 Å². The zero-order valence-electron chi connectivity index (χ0n) is 14.6. The Morgan fingerprint density at radius 1 is 1.08 bits per heavy atom. The molecule has 1 heterocycles. The highest BCUT2D eigenvalue weighted by atomic mass is 19.4. The first-order chi connectivity index (χ1) is 11.9. The molecule has 0 atom stereocenters. The topological polar surface area (TPSA) is 38.2 Å². The van der Waals surface area contributed by atoms with Gasteiger partial charge in [-0.05, 0) is 38.0 Å². The second-order valence-corrected chi connectivity index (χ2v) is 5.48. The number of ether oxygens (including phenoxy) is 1. The van der Waals surface area contributed by atoms with Gasteiger partial charge in [0.15, 0.2) is 0 Å². The molecule has 0 aliphatic rings. The molecule has 1 aromatic heterocycles. The van der Waals surface area contributed by atoms with Gasteiger partial charge < -0.3 is 9.64 Å².